The van der Waals surface area contributed by atoms with Crippen LogP contribution in [-0.2, 0) is 13.5 Å². The summed E-state index contributed by atoms with van der Waals surface area (Å²) in [4.78, 5) is 4.62. The van der Waals surface area contributed by atoms with Crippen molar-refractivity contribution in [3.05, 3.63) is 29.0 Å². The number of halogens is 1. The molecule has 1 aromatic heterocycles. The van der Waals surface area contributed by atoms with Crippen LogP contribution in [0, 0.1) is 5.92 Å². The van der Waals surface area contributed by atoms with Gasteiger partial charge in [0, 0.05) is 13.5 Å². The average molecular weight is 252 g/mol. The number of benzene rings is 1. The van der Waals surface area contributed by atoms with Crippen molar-refractivity contribution in [3.63, 3.8) is 0 Å². The molecule has 1 atom stereocenters. The SMILES string of the molecule is CC(CN)CCc1nc2cccc(Cl)c2n1C. The van der Waals surface area contributed by atoms with E-state index in [1.807, 2.05) is 25.2 Å². The fourth-order valence-corrected chi connectivity index (χ4v) is 2.28. The van der Waals surface area contributed by atoms with Gasteiger partial charge in [0.05, 0.1) is 16.1 Å². The van der Waals surface area contributed by atoms with Crippen LogP contribution in [0.3, 0.4) is 0 Å². The fourth-order valence-electron chi connectivity index (χ4n) is 1.99. The van der Waals surface area contributed by atoms with Gasteiger partial charge in [0.25, 0.3) is 0 Å². The predicted octanol–water partition coefficient (Wildman–Crippen LogP) is 2.75. The highest BCUT2D eigenvalue weighted by atomic mass is 35.5. The van der Waals surface area contributed by atoms with E-state index in [-0.39, 0.29) is 0 Å². The molecule has 17 heavy (non-hydrogen) atoms. The molecule has 0 saturated heterocycles. The summed E-state index contributed by atoms with van der Waals surface area (Å²) in [7, 11) is 2.02. The standard InChI is InChI=1S/C13H18ClN3/c1-9(8-15)6-7-12-16-11-5-3-4-10(14)13(11)17(12)2/h3-5,9H,6-8,15H2,1-2H3. The van der Waals surface area contributed by atoms with Crippen molar-refractivity contribution in [1.82, 2.24) is 9.55 Å². The third kappa shape index (κ3) is 2.45. The Morgan fingerprint density at radius 1 is 1.47 bits per heavy atom. The molecular weight excluding hydrogens is 234 g/mol. The number of hydrogen-bond donors (Lipinski definition) is 1. The van der Waals surface area contributed by atoms with E-state index in [1.165, 1.54) is 0 Å². The summed E-state index contributed by atoms with van der Waals surface area (Å²) in [6.07, 6.45) is 2.01. The molecule has 0 aliphatic heterocycles. The summed E-state index contributed by atoms with van der Waals surface area (Å²) < 4.78 is 2.08. The molecule has 0 aliphatic rings. The highest BCUT2D eigenvalue weighted by Crippen LogP contribution is 2.24. The lowest BCUT2D eigenvalue weighted by Crippen LogP contribution is -2.12. The first-order valence-corrected chi connectivity index (χ1v) is 6.31. The van der Waals surface area contributed by atoms with Crippen LogP contribution in [0.25, 0.3) is 11.0 Å². The van der Waals surface area contributed by atoms with Gasteiger partial charge in [-0.1, -0.05) is 24.6 Å². The van der Waals surface area contributed by atoms with Crippen molar-refractivity contribution in [3.8, 4) is 0 Å². The van der Waals surface area contributed by atoms with Gasteiger partial charge < -0.3 is 10.3 Å². The zero-order valence-electron chi connectivity index (χ0n) is 10.3. The average Bonchev–Trinajstić information content (AvgIpc) is 2.64. The van der Waals surface area contributed by atoms with E-state index in [1.54, 1.807) is 0 Å². The van der Waals surface area contributed by atoms with Gasteiger partial charge in [-0.3, -0.25) is 0 Å². The minimum atomic E-state index is 0.533. The Kier molecular flexibility index (Phi) is 3.69. The van der Waals surface area contributed by atoms with E-state index in [0.717, 1.165) is 41.3 Å². The molecular formula is C13H18ClN3. The lowest BCUT2D eigenvalue weighted by molar-refractivity contribution is 0.531. The number of fused-ring (bicyclic) bond motifs is 1. The first-order valence-electron chi connectivity index (χ1n) is 5.93. The van der Waals surface area contributed by atoms with Gasteiger partial charge in [0.2, 0.25) is 0 Å². The topological polar surface area (TPSA) is 43.8 Å². The van der Waals surface area contributed by atoms with E-state index in [0.29, 0.717) is 5.92 Å². The second kappa shape index (κ2) is 5.07. The second-order valence-corrected chi connectivity index (χ2v) is 4.98. The van der Waals surface area contributed by atoms with Crippen LogP contribution in [-0.4, -0.2) is 16.1 Å². The number of hydrogen-bond acceptors (Lipinski definition) is 2. The molecule has 3 nitrogen and oxygen atoms in total. The molecule has 0 radical (unpaired) electrons. The van der Waals surface area contributed by atoms with Crippen LogP contribution >= 0.6 is 11.6 Å². The lowest BCUT2D eigenvalue weighted by Gasteiger charge is -2.07. The van der Waals surface area contributed by atoms with Crippen molar-refractivity contribution in [2.24, 2.45) is 18.7 Å². The molecule has 1 unspecified atom stereocenters. The monoisotopic (exact) mass is 251 g/mol. The molecule has 2 rings (SSSR count). The van der Waals surface area contributed by atoms with E-state index >= 15 is 0 Å². The minimum Gasteiger partial charge on any atom is -0.330 e. The van der Waals surface area contributed by atoms with Crippen molar-refractivity contribution >= 4 is 22.6 Å². The van der Waals surface area contributed by atoms with Gasteiger partial charge in [-0.2, -0.15) is 0 Å². The molecule has 0 amide bonds. The minimum absolute atomic E-state index is 0.533. The van der Waals surface area contributed by atoms with Gasteiger partial charge in [-0.05, 0) is 31.0 Å². The Hall–Kier alpha value is -1.06. The summed E-state index contributed by atoms with van der Waals surface area (Å²) in [5.41, 5.74) is 7.61. The molecule has 2 N–H and O–H groups in total. The summed E-state index contributed by atoms with van der Waals surface area (Å²) in [5, 5.41) is 0.760. The lowest BCUT2D eigenvalue weighted by atomic mass is 10.1. The Morgan fingerprint density at radius 2 is 2.24 bits per heavy atom. The summed E-state index contributed by atoms with van der Waals surface area (Å²) in [6.45, 7) is 2.89. The van der Waals surface area contributed by atoms with Gasteiger partial charge in [-0.15, -0.1) is 0 Å². The Bertz CT molecular complexity index is 519. The van der Waals surface area contributed by atoms with Crippen LogP contribution in [0.1, 0.15) is 19.2 Å². The van der Waals surface area contributed by atoms with Crippen molar-refractivity contribution in [1.29, 1.82) is 0 Å². The molecule has 0 spiro atoms. The first-order chi connectivity index (χ1) is 8.13. The molecule has 1 heterocycles. The fraction of sp³-hybridized carbons (Fsp3) is 0.462. The molecule has 4 heteroatoms. The first kappa shape index (κ1) is 12.4. The van der Waals surface area contributed by atoms with Crippen LogP contribution in [0.2, 0.25) is 5.02 Å². The molecule has 0 fully saturated rings. The third-order valence-corrected chi connectivity index (χ3v) is 3.51. The zero-order chi connectivity index (χ0) is 12.4. The van der Waals surface area contributed by atoms with Gasteiger partial charge in [0.15, 0.2) is 0 Å². The number of nitrogens with two attached hydrogens (primary N) is 1. The molecule has 0 aliphatic carbocycles. The maximum atomic E-state index is 6.18. The van der Waals surface area contributed by atoms with E-state index < -0.39 is 0 Å². The van der Waals surface area contributed by atoms with Crippen LogP contribution in [0.4, 0.5) is 0 Å². The molecule has 92 valence electrons. The normalized spacial score (nSPS) is 13.2. The predicted molar refractivity (Wildman–Crippen MR) is 72.3 cm³/mol. The maximum absolute atomic E-state index is 6.18. The Morgan fingerprint density at radius 3 is 2.88 bits per heavy atom. The van der Waals surface area contributed by atoms with Gasteiger partial charge in [0.1, 0.15) is 5.82 Å². The van der Waals surface area contributed by atoms with Crippen LogP contribution in [0.5, 0.6) is 0 Å². The Labute approximate surface area is 107 Å². The van der Waals surface area contributed by atoms with E-state index in [9.17, 15) is 0 Å². The van der Waals surface area contributed by atoms with Crippen molar-refractivity contribution in [2.45, 2.75) is 19.8 Å². The summed E-state index contributed by atoms with van der Waals surface area (Å²) in [6, 6.07) is 5.83. The molecule has 2 aromatic rings. The largest absolute Gasteiger partial charge is 0.330 e. The maximum Gasteiger partial charge on any atom is 0.109 e. The molecule has 0 bridgehead atoms. The van der Waals surface area contributed by atoms with E-state index in [4.69, 9.17) is 17.3 Å². The second-order valence-electron chi connectivity index (χ2n) is 4.57. The number of aromatic nitrogens is 2. The highest BCUT2D eigenvalue weighted by molar-refractivity contribution is 6.35. The molecule has 0 saturated carbocycles. The van der Waals surface area contributed by atoms with Crippen LogP contribution in [0.15, 0.2) is 18.2 Å². The van der Waals surface area contributed by atoms with Gasteiger partial charge in [-0.25, -0.2) is 4.98 Å². The van der Waals surface area contributed by atoms with Crippen molar-refractivity contribution in [2.75, 3.05) is 6.54 Å². The third-order valence-electron chi connectivity index (χ3n) is 3.20. The number of imidazole rings is 1. The number of aryl methyl sites for hydroxylation is 2. The quantitative estimate of drug-likeness (QED) is 0.908. The summed E-state index contributed by atoms with van der Waals surface area (Å²) in [5.74, 6) is 1.61. The number of nitrogens with zero attached hydrogens (tertiary/aromatic N) is 2. The van der Waals surface area contributed by atoms with E-state index in [2.05, 4.69) is 16.5 Å². The Balaban J connectivity index is 2.30. The molecule has 1 aromatic carbocycles. The number of rotatable bonds is 4. The van der Waals surface area contributed by atoms with Crippen LogP contribution < -0.4 is 5.73 Å². The van der Waals surface area contributed by atoms with Crippen molar-refractivity contribution < 1.29 is 0 Å². The smallest absolute Gasteiger partial charge is 0.109 e. The highest BCUT2D eigenvalue weighted by Gasteiger charge is 2.11. The summed E-state index contributed by atoms with van der Waals surface area (Å²) >= 11 is 6.18. The van der Waals surface area contributed by atoms with Gasteiger partial charge >= 0.3 is 0 Å². The zero-order valence-corrected chi connectivity index (χ0v) is 11.0. The number of para-hydroxylation sites is 1.